The highest BCUT2D eigenvalue weighted by atomic mass is 16.5. The molecule has 2 N–H and O–H groups in total. The first-order valence-corrected chi connectivity index (χ1v) is 9.99. The van der Waals surface area contributed by atoms with E-state index >= 15 is 0 Å². The molecule has 0 atom stereocenters. The average Bonchev–Trinajstić information content (AvgIpc) is 2.75. The maximum atomic E-state index is 12.8. The number of nitrogens with zero attached hydrogens (tertiary/aromatic N) is 4. The van der Waals surface area contributed by atoms with Crippen LogP contribution in [0.1, 0.15) is 28.7 Å². The molecule has 10 heteroatoms. The zero-order valence-electron chi connectivity index (χ0n) is 17.8. The summed E-state index contributed by atoms with van der Waals surface area (Å²) >= 11 is 0. The first-order chi connectivity index (χ1) is 14.9. The third-order valence-corrected chi connectivity index (χ3v) is 4.89. The molecule has 0 saturated carbocycles. The number of methoxy groups -OCH3 is 1. The molecular formula is C21H26N6O4. The largest absolute Gasteiger partial charge is 0.464 e. The number of aromatic nitrogens is 2. The SMILES string of the molecule is CCNC(=O)Nc1cc(CN2CCN(c3ccc(C(=O)OC)nc3C)CC2=O)ccn1. The second-order valence-corrected chi connectivity index (χ2v) is 7.06. The molecule has 31 heavy (non-hydrogen) atoms. The Kier molecular flexibility index (Phi) is 7.01. The first kappa shape index (κ1) is 22.0. The minimum absolute atomic E-state index is 0.0160. The number of esters is 1. The van der Waals surface area contributed by atoms with Crippen molar-refractivity contribution >= 4 is 29.4 Å². The van der Waals surface area contributed by atoms with Gasteiger partial charge < -0.3 is 19.9 Å². The lowest BCUT2D eigenvalue weighted by molar-refractivity contribution is -0.131. The number of nitrogens with one attached hydrogen (secondary N) is 2. The van der Waals surface area contributed by atoms with Crippen LogP contribution in [0, 0.1) is 6.92 Å². The van der Waals surface area contributed by atoms with Gasteiger partial charge in [-0.2, -0.15) is 0 Å². The normalized spacial score (nSPS) is 13.7. The summed E-state index contributed by atoms with van der Waals surface area (Å²) in [5.74, 6) is -0.0754. The topological polar surface area (TPSA) is 117 Å². The standard InChI is InChI=1S/C21H26N6O4/c1-4-22-21(30)25-18-11-15(7-8-23-18)12-27-10-9-26(13-19(27)28)17-6-5-16(20(29)31-3)24-14(17)2/h5-8,11H,4,9-10,12-13H2,1-3H3,(H2,22,23,25,30). The summed E-state index contributed by atoms with van der Waals surface area (Å²) in [5, 5.41) is 5.32. The highest BCUT2D eigenvalue weighted by molar-refractivity contribution is 5.89. The van der Waals surface area contributed by atoms with E-state index in [0.29, 0.717) is 37.7 Å². The Bertz CT molecular complexity index is 980. The van der Waals surface area contributed by atoms with Gasteiger partial charge in [0.05, 0.1) is 25.0 Å². The monoisotopic (exact) mass is 426 g/mol. The molecule has 3 heterocycles. The lowest BCUT2D eigenvalue weighted by Gasteiger charge is -2.36. The number of carbonyl (C=O) groups is 3. The molecule has 3 amide bonds. The molecule has 3 rings (SSSR count). The molecule has 0 spiro atoms. The second-order valence-electron chi connectivity index (χ2n) is 7.06. The zero-order chi connectivity index (χ0) is 22.4. The van der Waals surface area contributed by atoms with Gasteiger partial charge in [0.25, 0.3) is 0 Å². The van der Waals surface area contributed by atoms with Crippen molar-refractivity contribution in [1.29, 1.82) is 0 Å². The van der Waals surface area contributed by atoms with Gasteiger partial charge >= 0.3 is 12.0 Å². The van der Waals surface area contributed by atoms with Crippen LogP contribution in [-0.2, 0) is 16.1 Å². The predicted octanol–water partition coefficient (Wildman–Crippen LogP) is 1.56. The molecule has 0 aromatic carbocycles. The van der Waals surface area contributed by atoms with Gasteiger partial charge in [0.1, 0.15) is 11.5 Å². The fraction of sp³-hybridized carbons (Fsp3) is 0.381. The van der Waals surface area contributed by atoms with Gasteiger partial charge in [0, 0.05) is 32.4 Å². The summed E-state index contributed by atoms with van der Waals surface area (Å²) < 4.78 is 4.70. The second kappa shape index (κ2) is 9.88. The van der Waals surface area contributed by atoms with E-state index in [-0.39, 0.29) is 24.2 Å². The van der Waals surface area contributed by atoms with Crippen LogP contribution in [0.25, 0.3) is 0 Å². The Morgan fingerprint density at radius 2 is 2.03 bits per heavy atom. The van der Waals surface area contributed by atoms with Crippen LogP contribution in [0.15, 0.2) is 30.5 Å². The number of hydrogen-bond donors (Lipinski definition) is 2. The molecular weight excluding hydrogens is 400 g/mol. The molecule has 164 valence electrons. The minimum Gasteiger partial charge on any atom is -0.464 e. The molecule has 2 aromatic rings. The number of hydrogen-bond acceptors (Lipinski definition) is 7. The van der Waals surface area contributed by atoms with E-state index in [4.69, 9.17) is 4.74 Å². The van der Waals surface area contributed by atoms with Crippen LogP contribution >= 0.6 is 0 Å². The number of pyridine rings is 2. The van der Waals surface area contributed by atoms with Crippen LogP contribution in [0.3, 0.4) is 0 Å². The van der Waals surface area contributed by atoms with Crippen LogP contribution in [-0.4, -0.2) is 66.1 Å². The van der Waals surface area contributed by atoms with Gasteiger partial charge in [-0.25, -0.2) is 19.6 Å². The van der Waals surface area contributed by atoms with E-state index in [1.165, 1.54) is 7.11 Å². The molecule has 0 aliphatic carbocycles. The summed E-state index contributed by atoms with van der Waals surface area (Å²) in [6, 6.07) is 6.65. The summed E-state index contributed by atoms with van der Waals surface area (Å²) in [6.45, 7) is 5.98. The Labute approximate surface area is 180 Å². The van der Waals surface area contributed by atoms with Gasteiger partial charge in [-0.3, -0.25) is 10.1 Å². The van der Waals surface area contributed by atoms with Crippen molar-refractivity contribution in [3.05, 3.63) is 47.4 Å². The Morgan fingerprint density at radius 3 is 2.71 bits per heavy atom. The van der Waals surface area contributed by atoms with Gasteiger partial charge in [-0.15, -0.1) is 0 Å². The predicted molar refractivity (Wildman–Crippen MR) is 115 cm³/mol. The molecule has 10 nitrogen and oxygen atoms in total. The van der Waals surface area contributed by atoms with Crippen molar-refractivity contribution in [3.8, 4) is 0 Å². The molecule has 1 aliphatic heterocycles. The summed E-state index contributed by atoms with van der Waals surface area (Å²) in [7, 11) is 1.31. The molecule has 0 bridgehead atoms. The first-order valence-electron chi connectivity index (χ1n) is 9.99. The van der Waals surface area contributed by atoms with Crippen LogP contribution < -0.4 is 15.5 Å². The number of ether oxygens (including phenoxy) is 1. The van der Waals surface area contributed by atoms with E-state index in [0.717, 1.165) is 11.3 Å². The van der Waals surface area contributed by atoms with Gasteiger partial charge in [-0.1, -0.05) is 0 Å². The smallest absolute Gasteiger partial charge is 0.356 e. The summed E-state index contributed by atoms with van der Waals surface area (Å²) in [5.41, 5.74) is 2.60. The minimum atomic E-state index is -0.492. The Hall–Kier alpha value is -3.69. The number of piperazine rings is 1. The van der Waals surface area contributed by atoms with E-state index in [1.807, 2.05) is 17.9 Å². The van der Waals surface area contributed by atoms with Crippen LogP contribution in [0.4, 0.5) is 16.3 Å². The molecule has 2 aromatic heterocycles. The highest BCUT2D eigenvalue weighted by Crippen LogP contribution is 2.22. The maximum absolute atomic E-state index is 12.8. The molecule has 1 aliphatic rings. The van der Waals surface area contributed by atoms with Gasteiger partial charge in [-0.05, 0) is 43.7 Å². The molecule has 0 radical (unpaired) electrons. The maximum Gasteiger partial charge on any atom is 0.356 e. The number of amides is 3. The quantitative estimate of drug-likeness (QED) is 0.673. The lowest BCUT2D eigenvalue weighted by atomic mass is 10.2. The zero-order valence-corrected chi connectivity index (χ0v) is 17.8. The molecule has 1 fully saturated rings. The third kappa shape index (κ3) is 5.47. The third-order valence-electron chi connectivity index (χ3n) is 4.89. The summed E-state index contributed by atoms with van der Waals surface area (Å²) in [4.78, 5) is 48.2. The van der Waals surface area contributed by atoms with Crippen molar-refractivity contribution < 1.29 is 19.1 Å². The van der Waals surface area contributed by atoms with E-state index in [2.05, 4.69) is 20.6 Å². The molecule has 0 unspecified atom stereocenters. The van der Waals surface area contributed by atoms with Crippen molar-refractivity contribution in [2.75, 3.05) is 43.5 Å². The van der Waals surface area contributed by atoms with Crippen molar-refractivity contribution in [2.45, 2.75) is 20.4 Å². The fourth-order valence-electron chi connectivity index (χ4n) is 3.37. The summed E-state index contributed by atoms with van der Waals surface area (Å²) in [6.07, 6.45) is 1.61. The lowest BCUT2D eigenvalue weighted by Crippen LogP contribution is -2.50. The van der Waals surface area contributed by atoms with Crippen LogP contribution in [0.2, 0.25) is 0 Å². The van der Waals surface area contributed by atoms with Crippen molar-refractivity contribution in [1.82, 2.24) is 20.2 Å². The van der Waals surface area contributed by atoms with Gasteiger partial charge in [0.15, 0.2) is 0 Å². The van der Waals surface area contributed by atoms with E-state index in [9.17, 15) is 14.4 Å². The number of rotatable bonds is 6. The van der Waals surface area contributed by atoms with Gasteiger partial charge in [0.2, 0.25) is 5.91 Å². The number of carbonyl (C=O) groups excluding carboxylic acids is 3. The van der Waals surface area contributed by atoms with Crippen molar-refractivity contribution in [3.63, 3.8) is 0 Å². The fourth-order valence-corrected chi connectivity index (χ4v) is 3.37. The number of urea groups is 1. The van der Waals surface area contributed by atoms with E-state index < -0.39 is 5.97 Å². The average molecular weight is 426 g/mol. The van der Waals surface area contributed by atoms with Crippen molar-refractivity contribution in [2.24, 2.45) is 0 Å². The Balaban J connectivity index is 1.63. The Morgan fingerprint density at radius 1 is 1.23 bits per heavy atom. The molecule has 1 saturated heterocycles. The highest BCUT2D eigenvalue weighted by Gasteiger charge is 2.26. The number of anilines is 2. The van der Waals surface area contributed by atoms with E-state index in [1.54, 1.807) is 36.2 Å². The van der Waals surface area contributed by atoms with Crippen LogP contribution in [0.5, 0.6) is 0 Å². The number of aryl methyl sites for hydroxylation is 1.